The molecule has 0 aliphatic heterocycles. The Morgan fingerprint density at radius 3 is 2.33 bits per heavy atom. The highest BCUT2D eigenvalue weighted by molar-refractivity contribution is 5.94. The molecule has 0 radical (unpaired) electrons. The third-order valence-corrected chi connectivity index (χ3v) is 5.63. The summed E-state index contributed by atoms with van der Waals surface area (Å²) >= 11 is 0. The number of imidazole rings is 1. The second-order valence-corrected chi connectivity index (χ2v) is 7.83. The van der Waals surface area contributed by atoms with Gasteiger partial charge in [-0.15, -0.1) is 0 Å². The summed E-state index contributed by atoms with van der Waals surface area (Å²) in [7, 11) is 2.90. The van der Waals surface area contributed by atoms with Crippen molar-refractivity contribution < 1.29 is 14.4 Å². The van der Waals surface area contributed by atoms with Crippen molar-refractivity contribution >= 4 is 22.9 Å². The molecule has 10 nitrogen and oxygen atoms in total. The van der Waals surface area contributed by atoms with Gasteiger partial charge in [-0.05, 0) is 54.6 Å². The molecule has 2 heterocycles. The van der Waals surface area contributed by atoms with Crippen LogP contribution < -0.4 is 16.2 Å². The molecule has 0 bridgehead atoms. The molecule has 0 aliphatic rings. The molecule has 0 unspecified atom stereocenters. The zero-order chi connectivity index (χ0) is 25.2. The highest BCUT2D eigenvalue weighted by atomic mass is 16.7. The number of carbonyl (C=O) groups excluding carboxylic acids is 1. The number of nitrogens with zero attached hydrogens (tertiary/aromatic N) is 5. The quantitative estimate of drug-likeness (QED) is 0.368. The minimum absolute atomic E-state index is 0.145. The summed E-state index contributed by atoms with van der Waals surface area (Å²) in [5, 5.41) is 1.10. The Morgan fingerprint density at radius 1 is 0.889 bits per heavy atom. The predicted molar refractivity (Wildman–Crippen MR) is 134 cm³/mol. The topological polar surface area (TPSA) is 118 Å². The van der Waals surface area contributed by atoms with Gasteiger partial charge < -0.3 is 10.5 Å². The van der Waals surface area contributed by atoms with Gasteiger partial charge >= 0.3 is 5.69 Å². The number of ether oxygens (including phenoxy) is 1. The largest absolute Gasteiger partial charge is 0.457 e. The van der Waals surface area contributed by atoms with Gasteiger partial charge in [0.1, 0.15) is 23.3 Å². The summed E-state index contributed by atoms with van der Waals surface area (Å²) < 4.78 is 8.69. The van der Waals surface area contributed by atoms with Gasteiger partial charge in [0.15, 0.2) is 11.5 Å². The lowest BCUT2D eigenvalue weighted by atomic mass is 10.2. The molecule has 0 saturated carbocycles. The van der Waals surface area contributed by atoms with Crippen molar-refractivity contribution in [2.24, 2.45) is 0 Å². The number of hydrogen-bond donors (Lipinski definition) is 1. The Balaban J connectivity index is 1.62. The second kappa shape index (κ2) is 9.35. The van der Waals surface area contributed by atoms with Gasteiger partial charge in [-0.2, -0.15) is 0 Å². The van der Waals surface area contributed by atoms with Crippen LogP contribution in [0.3, 0.4) is 0 Å². The Kier molecular flexibility index (Phi) is 5.93. The maximum atomic E-state index is 13.7. The van der Waals surface area contributed by atoms with Crippen molar-refractivity contribution in [3.05, 3.63) is 101 Å². The van der Waals surface area contributed by atoms with Crippen LogP contribution in [-0.4, -0.2) is 44.2 Å². The number of hydroxylamine groups is 2. The van der Waals surface area contributed by atoms with Gasteiger partial charge in [0.25, 0.3) is 5.91 Å². The molecule has 0 atom stereocenters. The van der Waals surface area contributed by atoms with E-state index in [4.69, 9.17) is 15.3 Å². The van der Waals surface area contributed by atoms with Crippen LogP contribution in [0.15, 0.2) is 90.0 Å². The number of anilines is 1. The molecule has 10 heteroatoms. The Morgan fingerprint density at radius 2 is 1.61 bits per heavy atom. The number of para-hydroxylation sites is 1. The number of rotatable bonds is 6. The fourth-order valence-electron chi connectivity index (χ4n) is 3.85. The van der Waals surface area contributed by atoms with E-state index in [1.807, 2.05) is 30.3 Å². The molecule has 2 aromatic heterocycles. The minimum atomic E-state index is -0.418. The van der Waals surface area contributed by atoms with Gasteiger partial charge in [0.05, 0.1) is 18.5 Å². The fraction of sp³-hybridized carbons (Fsp3) is 0.0769. The van der Waals surface area contributed by atoms with Crippen LogP contribution in [0.1, 0.15) is 10.4 Å². The normalized spacial score (nSPS) is 10.9. The first-order valence-electron chi connectivity index (χ1n) is 11.0. The van der Waals surface area contributed by atoms with Crippen LogP contribution in [0.4, 0.5) is 5.82 Å². The molecule has 0 aliphatic carbocycles. The summed E-state index contributed by atoms with van der Waals surface area (Å²) in [5.74, 6) is 1.09. The fourth-order valence-corrected chi connectivity index (χ4v) is 3.85. The van der Waals surface area contributed by atoms with E-state index in [0.29, 0.717) is 39.6 Å². The van der Waals surface area contributed by atoms with Crippen LogP contribution in [-0.2, 0) is 4.84 Å². The second-order valence-electron chi connectivity index (χ2n) is 7.83. The van der Waals surface area contributed by atoms with Crippen molar-refractivity contribution in [3.63, 3.8) is 0 Å². The highest BCUT2D eigenvalue weighted by Gasteiger charge is 2.21. The van der Waals surface area contributed by atoms with Crippen molar-refractivity contribution in [2.45, 2.75) is 0 Å². The average Bonchev–Trinajstić information content (AvgIpc) is 3.22. The van der Waals surface area contributed by atoms with Crippen LogP contribution >= 0.6 is 0 Å². The van der Waals surface area contributed by atoms with Gasteiger partial charge in [0, 0.05) is 12.6 Å². The van der Waals surface area contributed by atoms with Gasteiger partial charge in [-0.1, -0.05) is 24.3 Å². The number of fused-ring (bicyclic) bond motifs is 1. The van der Waals surface area contributed by atoms with E-state index in [1.165, 1.54) is 29.6 Å². The maximum Gasteiger partial charge on any atom is 0.339 e. The van der Waals surface area contributed by atoms with Crippen molar-refractivity contribution in [3.8, 4) is 22.9 Å². The first kappa shape index (κ1) is 22.8. The third kappa shape index (κ3) is 4.05. The van der Waals surface area contributed by atoms with Crippen molar-refractivity contribution in [2.75, 3.05) is 19.9 Å². The predicted octanol–water partition coefficient (Wildman–Crippen LogP) is 3.58. The Labute approximate surface area is 205 Å². The highest BCUT2D eigenvalue weighted by Crippen LogP contribution is 2.26. The molecule has 0 fully saturated rings. The number of nitrogen functional groups attached to an aromatic ring is 1. The number of benzene rings is 3. The lowest BCUT2D eigenvalue weighted by molar-refractivity contribution is -0.0756. The summed E-state index contributed by atoms with van der Waals surface area (Å²) in [6.45, 7) is 0. The summed E-state index contributed by atoms with van der Waals surface area (Å²) in [5.41, 5.74) is 7.78. The van der Waals surface area contributed by atoms with Gasteiger partial charge in [-0.3, -0.25) is 14.2 Å². The van der Waals surface area contributed by atoms with E-state index in [9.17, 15) is 9.59 Å². The molecule has 2 N–H and O–H groups in total. The number of aromatic nitrogens is 4. The van der Waals surface area contributed by atoms with Gasteiger partial charge in [0.2, 0.25) is 0 Å². The van der Waals surface area contributed by atoms with Crippen LogP contribution in [0, 0.1) is 0 Å². The number of nitrogens with two attached hydrogens (primary N) is 1. The molecule has 5 aromatic rings. The molecule has 180 valence electrons. The van der Waals surface area contributed by atoms with E-state index < -0.39 is 5.69 Å². The van der Waals surface area contributed by atoms with E-state index >= 15 is 0 Å². The zero-order valence-corrected chi connectivity index (χ0v) is 19.5. The molecular weight excluding hydrogens is 460 g/mol. The van der Waals surface area contributed by atoms with E-state index in [1.54, 1.807) is 48.5 Å². The first-order chi connectivity index (χ1) is 17.5. The third-order valence-electron chi connectivity index (χ3n) is 5.63. The molecule has 36 heavy (non-hydrogen) atoms. The summed E-state index contributed by atoms with van der Waals surface area (Å²) in [6, 6.07) is 23.0. The number of amides is 1. The summed E-state index contributed by atoms with van der Waals surface area (Å²) in [4.78, 5) is 39.8. The van der Waals surface area contributed by atoms with Crippen LogP contribution in [0.5, 0.6) is 11.5 Å². The number of carbonyl (C=O) groups is 1. The van der Waals surface area contributed by atoms with Gasteiger partial charge in [-0.25, -0.2) is 24.4 Å². The Hall–Kier alpha value is -4.96. The smallest absolute Gasteiger partial charge is 0.339 e. The molecular formula is C26H22N6O4. The minimum Gasteiger partial charge on any atom is -0.457 e. The van der Waals surface area contributed by atoms with Crippen LogP contribution in [0.2, 0.25) is 0 Å². The van der Waals surface area contributed by atoms with E-state index in [-0.39, 0.29) is 11.7 Å². The lowest BCUT2D eigenvalue weighted by Crippen LogP contribution is -2.26. The maximum absolute atomic E-state index is 13.7. The van der Waals surface area contributed by atoms with Crippen molar-refractivity contribution in [1.29, 1.82) is 0 Å². The number of hydrogen-bond acceptors (Lipinski definition) is 7. The first-order valence-corrected chi connectivity index (χ1v) is 11.0. The molecule has 0 spiro atoms. The molecule has 5 rings (SSSR count). The lowest BCUT2D eigenvalue weighted by Gasteiger charge is -2.14. The SMILES string of the molecule is CON(C)C(=O)c1cccc(-n2c(=O)n(-c3ccc(Oc4ccccc4)cc3)c3c(N)ncnc32)c1. The molecule has 3 aromatic carbocycles. The zero-order valence-electron chi connectivity index (χ0n) is 19.5. The molecule has 1 amide bonds. The average molecular weight is 483 g/mol. The van der Waals surface area contributed by atoms with Crippen LogP contribution in [0.25, 0.3) is 22.5 Å². The molecule has 0 saturated heterocycles. The monoisotopic (exact) mass is 482 g/mol. The van der Waals surface area contributed by atoms with Crippen molar-refractivity contribution in [1.82, 2.24) is 24.2 Å². The standard InChI is InChI=1S/C26H22N6O4/c1-30(35-2)25(33)17-7-6-8-19(15-17)32-24-22(23(27)28-16-29-24)31(26(32)34)18-11-13-21(14-12-18)36-20-9-4-3-5-10-20/h3-16H,1-2H3,(H2,27,28,29). The Bertz CT molecular complexity index is 1610. The van der Waals surface area contributed by atoms with E-state index in [2.05, 4.69) is 9.97 Å². The summed E-state index contributed by atoms with van der Waals surface area (Å²) in [6.07, 6.45) is 1.29. The van der Waals surface area contributed by atoms with E-state index in [0.717, 1.165) is 5.06 Å².